The van der Waals surface area contributed by atoms with Crippen molar-refractivity contribution in [3.63, 3.8) is 0 Å². The van der Waals surface area contributed by atoms with Crippen LogP contribution in [0.15, 0.2) is 29.3 Å². The highest BCUT2D eigenvalue weighted by Crippen LogP contribution is 2.37. The average Bonchev–Trinajstić information content (AvgIpc) is 3.42. The molecule has 5 rings (SSSR count). The van der Waals surface area contributed by atoms with Gasteiger partial charge in [0, 0.05) is 16.0 Å². The third-order valence-electron chi connectivity index (χ3n) is 5.41. The number of unbranched alkanes of at least 4 members (excludes halogenated alkanes) is 3. The van der Waals surface area contributed by atoms with Crippen LogP contribution < -0.4 is 9.47 Å². The van der Waals surface area contributed by atoms with Crippen molar-refractivity contribution in [3.05, 3.63) is 51.9 Å². The first-order valence-corrected chi connectivity index (χ1v) is 11.0. The first-order chi connectivity index (χ1) is 14.2. The SMILES string of the molecule is CCCCCCc1cc2c(s1)-n1c(C)nnc1CN=C2c1ccc2c(c1)OCO2. The summed E-state index contributed by atoms with van der Waals surface area (Å²) in [6.45, 7) is 5.04. The van der Waals surface area contributed by atoms with Gasteiger partial charge in [0.1, 0.15) is 17.4 Å². The third kappa shape index (κ3) is 3.33. The number of benzene rings is 1. The summed E-state index contributed by atoms with van der Waals surface area (Å²) in [5, 5.41) is 9.83. The molecule has 2 aliphatic heterocycles. The zero-order valence-corrected chi connectivity index (χ0v) is 17.6. The minimum atomic E-state index is 0.275. The van der Waals surface area contributed by atoms with E-state index >= 15 is 0 Å². The molecule has 2 aromatic heterocycles. The fourth-order valence-corrected chi connectivity index (χ4v) is 5.18. The van der Waals surface area contributed by atoms with E-state index in [0.717, 1.165) is 46.4 Å². The molecule has 3 aromatic rings. The number of ether oxygens (including phenoxy) is 2. The van der Waals surface area contributed by atoms with E-state index in [4.69, 9.17) is 14.5 Å². The molecule has 0 bridgehead atoms. The van der Waals surface area contributed by atoms with E-state index in [2.05, 4.69) is 33.8 Å². The highest BCUT2D eigenvalue weighted by atomic mass is 32.1. The molecule has 0 radical (unpaired) electrons. The molecule has 6 nitrogen and oxygen atoms in total. The molecule has 29 heavy (non-hydrogen) atoms. The van der Waals surface area contributed by atoms with Gasteiger partial charge in [0.2, 0.25) is 6.79 Å². The van der Waals surface area contributed by atoms with Crippen molar-refractivity contribution in [3.8, 4) is 16.5 Å². The summed E-state index contributed by atoms with van der Waals surface area (Å²) in [6, 6.07) is 8.37. The van der Waals surface area contributed by atoms with Gasteiger partial charge in [-0.25, -0.2) is 0 Å². The van der Waals surface area contributed by atoms with Gasteiger partial charge in [-0.05, 0) is 44.0 Å². The van der Waals surface area contributed by atoms with Crippen LogP contribution in [0.5, 0.6) is 11.5 Å². The predicted octanol–water partition coefficient (Wildman–Crippen LogP) is 4.84. The first-order valence-electron chi connectivity index (χ1n) is 10.2. The standard InChI is InChI=1S/C22H24N4O2S/c1-3-4-5-6-7-16-11-17-21(15-8-9-18-19(10-15)28-13-27-18)23-12-20-25-24-14(2)26(20)22(17)29-16/h8-11H,3-7,12-13H2,1-2H3. The number of aryl methyl sites for hydroxylation is 2. The van der Waals surface area contributed by atoms with Crippen molar-refractivity contribution in [2.45, 2.75) is 52.5 Å². The van der Waals surface area contributed by atoms with Crippen molar-refractivity contribution in [1.29, 1.82) is 0 Å². The Kier molecular flexibility index (Phi) is 4.83. The van der Waals surface area contributed by atoms with Gasteiger partial charge in [0.25, 0.3) is 0 Å². The van der Waals surface area contributed by atoms with E-state index in [1.165, 1.54) is 35.6 Å². The zero-order valence-electron chi connectivity index (χ0n) is 16.8. The molecule has 0 amide bonds. The summed E-state index contributed by atoms with van der Waals surface area (Å²) >= 11 is 1.84. The highest BCUT2D eigenvalue weighted by molar-refractivity contribution is 7.15. The molecule has 0 unspecified atom stereocenters. The number of fused-ring (bicyclic) bond motifs is 4. The quantitative estimate of drug-likeness (QED) is 0.548. The number of aromatic nitrogens is 3. The van der Waals surface area contributed by atoms with Crippen molar-refractivity contribution in [2.24, 2.45) is 4.99 Å². The molecule has 0 atom stereocenters. The highest BCUT2D eigenvalue weighted by Gasteiger charge is 2.25. The third-order valence-corrected chi connectivity index (χ3v) is 6.59. The fraction of sp³-hybridized carbons (Fsp3) is 0.409. The molecule has 2 aliphatic rings. The van der Waals surface area contributed by atoms with E-state index in [1.807, 2.05) is 30.4 Å². The second-order valence-corrected chi connectivity index (χ2v) is 8.59. The van der Waals surface area contributed by atoms with E-state index in [0.29, 0.717) is 6.54 Å². The molecule has 0 N–H and O–H groups in total. The predicted molar refractivity (Wildman–Crippen MR) is 114 cm³/mol. The van der Waals surface area contributed by atoms with Gasteiger partial charge < -0.3 is 9.47 Å². The summed E-state index contributed by atoms with van der Waals surface area (Å²) in [5.74, 6) is 3.36. The van der Waals surface area contributed by atoms with Crippen LogP contribution in [0.3, 0.4) is 0 Å². The number of nitrogens with zero attached hydrogens (tertiary/aromatic N) is 4. The minimum Gasteiger partial charge on any atom is -0.454 e. The largest absolute Gasteiger partial charge is 0.454 e. The van der Waals surface area contributed by atoms with Crippen LogP contribution in [0.25, 0.3) is 5.00 Å². The van der Waals surface area contributed by atoms with E-state index in [-0.39, 0.29) is 6.79 Å². The van der Waals surface area contributed by atoms with Crippen LogP contribution in [0, 0.1) is 6.92 Å². The Hall–Kier alpha value is -2.67. The molecule has 7 heteroatoms. The summed E-state index contributed by atoms with van der Waals surface area (Å²) in [5.41, 5.74) is 3.18. The number of thiophene rings is 1. The van der Waals surface area contributed by atoms with Gasteiger partial charge in [0.05, 0.1) is 5.71 Å². The lowest BCUT2D eigenvalue weighted by molar-refractivity contribution is 0.174. The molecule has 4 heterocycles. The minimum absolute atomic E-state index is 0.275. The van der Waals surface area contributed by atoms with Crippen molar-refractivity contribution in [2.75, 3.05) is 6.79 Å². The van der Waals surface area contributed by atoms with Gasteiger partial charge >= 0.3 is 0 Å². The Morgan fingerprint density at radius 3 is 2.86 bits per heavy atom. The summed E-state index contributed by atoms with van der Waals surface area (Å²) in [4.78, 5) is 6.33. The van der Waals surface area contributed by atoms with Gasteiger partial charge in [0.15, 0.2) is 17.3 Å². The summed E-state index contributed by atoms with van der Waals surface area (Å²) in [6.07, 6.45) is 6.15. The molecule has 0 aliphatic carbocycles. The number of hydrogen-bond donors (Lipinski definition) is 0. The monoisotopic (exact) mass is 408 g/mol. The maximum absolute atomic E-state index is 5.59. The van der Waals surface area contributed by atoms with Crippen LogP contribution >= 0.6 is 11.3 Å². The fourth-order valence-electron chi connectivity index (χ4n) is 3.91. The van der Waals surface area contributed by atoms with Crippen LogP contribution in [-0.2, 0) is 13.0 Å². The smallest absolute Gasteiger partial charge is 0.231 e. The number of aliphatic imine (C=N–C) groups is 1. The van der Waals surface area contributed by atoms with E-state index in [1.54, 1.807) is 0 Å². The maximum atomic E-state index is 5.59. The molecule has 0 fully saturated rings. The number of hydrogen-bond acceptors (Lipinski definition) is 6. The maximum Gasteiger partial charge on any atom is 0.231 e. The van der Waals surface area contributed by atoms with E-state index in [9.17, 15) is 0 Å². The summed E-state index contributed by atoms with van der Waals surface area (Å²) in [7, 11) is 0. The van der Waals surface area contributed by atoms with Gasteiger partial charge in [-0.15, -0.1) is 21.5 Å². The van der Waals surface area contributed by atoms with Crippen molar-refractivity contribution in [1.82, 2.24) is 14.8 Å². The Labute approximate surface area is 174 Å². The normalized spacial score (nSPS) is 14.3. The lowest BCUT2D eigenvalue weighted by atomic mass is 10.0. The molecule has 0 saturated carbocycles. The molecular weight excluding hydrogens is 384 g/mol. The Balaban J connectivity index is 1.56. The van der Waals surface area contributed by atoms with Gasteiger partial charge in [-0.3, -0.25) is 9.56 Å². The summed E-state index contributed by atoms with van der Waals surface area (Å²) < 4.78 is 13.2. The van der Waals surface area contributed by atoms with Gasteiger partial charge in [-0.2, -0.15) is 0 Å². The molecular formula is C22H24N4O2S. The molecule has 0 spiro atoms. The molecule has 1 aromatic carbocycles. The molecule has 0 saturated heterocycles. The van der Waals surface area contributed by atoms with Crippen molar-refractivity contribution >= 4 is 17.0 Å². The topological polar surface area (TPSA) is 61.5 Å². The zero-order chi connectivity index (χ0) is 19.8. The Bertz CT molecular complexity index is 1080. The average molecular weight is 409 g/mol. The lowest BCUT2D eigenvalue weighted by Gasteiger charge is -2.08. The van der Waals surface area contributed by atoms with E-state index < -0.39 is 0 Å². The Morgan fingerprint density at radius 1 is 1.07 bits per heavy atom. The Morgan fingerprint density at radius 2 is 1.97 bits per heavy atom. The lowest BCUT2D eigenvalue weighted by Crippen LogP contribution is -2.05. The number of rotatable bonds is 6. The van der Waals surface area contributed by atoms with Crippen LogP contribution in [0.4, 0.5) is 0 Å². The first kappa shape index (κ1) is 18.4. The molecule has 150 valence electrons. The van der Waals surface area contributed by atoms with Crippen LogP contribution in [0.2, 0.25) is 0 Å². The second-order valence-electron chi connectivity index (χ2n) is 7.47. The van der Waals surface area contributed by atoms with Crippen molar-refractivity contribution < 1.29 is 9.47 Å². The van der Waals surface area contributed by atoms with Crippen LogP contribution in [-0.4, -0.2) is 27.3 Å². The van der Waals surface area contributed by atoms with Crippen LogP contribution in [0.1, 0.15) is 60.3 Å². The van der Waals surface area contributed by atoms with Gasteiger partial charge in [-0.1, -0.05) is 26.2 Å². The second kappa shape index (κ2) is 7.63.